The quantitative estimate of drug-likeness (QED) is 0.693. The van der Waals surface area contributed by atoms with Crippen molar-refractivity contribution in [2.75, 3.05) is 19.9 Å². The molecule has 1 aromatic carbocycles. The van der Waals surface area contributed by atoms with E-state index in [1.54, 1.807) is 25.4 Å². The highest BCUT2D eigenvalue weighted by atomic mass is 32.2. The Bertz CT molecular complexity index is 1150. The fourth-order valence-electron chi connectivity index (χ4n) is 3.82. The zero-order valence-electron chi connectivity index (χ0n) is 16.8. The number of benzene rings is 1. The monoisotopic (exact) mass is 412 g/mol. The Morgan fingerprint density at radius 3 is 2.86 bits per heavy atom. The number of H-pyrrole nitrogens is 1. The Hall–Kier alpha value is -2.71. The van der Waals surface area contributed by atoms with Crippen LogP contribution >= 0.6 is 0 Å². The lowest BCUT2D eigenvalue weighted by molar-refractivity contribution is 0.241. The first-order valence-corrected chi connectivity index (χ1v) is 11.3. The Balaban J connectivity index is 1.67. The van der Waals surface area contributed by atoms with E-state index in [0.717, 1.165) is 43.1 Å². The zero-order chi connectivity index (χ0) is 20.6. The number of hydrogen-bond acceptors (Lipinski definition) is 6. The van der Waals surface area contributed by atoms with Gasteiger partial charge in [-0.25, -0.2) is 13.4 Å². The second kappa shape index (κ2) is 7.61. The smallest absolute Gasteiger partial charge is 0.177 e. The highest BCUT2D eigenvalue weighted by Crippen LogP contribution is 2.34. The van der Waals surface area contributed by atoms with Gasteiger partial charge in [-0.15, -0.1) is 0 Å². The SMILES string of the molecule is COc1ccc(CN2CCc3nc(C)[nH]c3C2)cc1-c1ncccc1S(C)(=O)=O. The van der Waals surface area contributed by atoms with E-state index in [2.05, 4.69) is 19.9 Å². The maximum Gasteiger partial charge on any atom is 0.177 e. The number of nitrogens with one attached hydrogen (secondary N) is 1. The van der Waals surface area contributed by atoms with Gasteiger partial charge in [0, 0.05) is 44.1 Å². The molecule has 1 aliphatic rings. The van der Waals surface area contributed by atoms with Crippen molar-refractivity contribution in [1.29, 1.82) is 0 Å². The lowest BCUT2D eigenvalue weighted by Crippen LogP contribution is -2.30. The predicted octanol–water partition coefficient (Wildman–Crippen LogP) is 2.75. The molecule has 0 saturated heterocycles. The molecule has 3 heterocycles. The summed E-state index contributed by atoms with van der Waals surface area (Å²) in [6.07, 6.45) is 3.71. The molecule has 152 valence electrons. The molecule has 0 spiro atoms. The Labute approximate surface area is 170 Å². The zero-order valence-corrected chi connectivity index (χ0v) is 17.6. The molecule has 8 heteroatoms. The number of methoxy groups -OCH3 is 1. The number of nitrogens with zero attached hydrogens (tertiary/aromatic N) is 3. The van der Waals surface area contributed by atoms with Crippen LogP contribution in [-0.4, -0.2) is 48.2 Å². The Morgan fingerprint density at radius 2 is 2.10 bits per heavy atom. The van der Waals surface area contributed by atoms with Crippen molar-refractivity contribution >= 4 is 9.84 Å². The second-order valence-corrected chi connectivity index (χ2v) is 9.35. The molecule has 0 radical (unpaired) electrons. The third kappa shape index (κ3) is 4.04. The van der Waals surface area contributed by atoms with Gasteiger partial charge in [-0.3, -0.25) is 9.88 Å². The van der Waals surface area contributed by atoms with E-state index in [-0.39, 0.29) is 4.90 Å². The van der Waals surface area contributed by atoms with Gasteiger partial charge >= 0.3 is 0 Å². The summed E-state index contributed by atoms with van der Waals surface area (Å²) >= 11 is 0. The topological polar surface area (TPSA) is 88.2 Å². The average Bonchev–Trinajstić information content (AvgIpc) is 3.06. The van der Waals surface area contributed by atoms with E-state index in [1.807, 2.05) is 25.1 Å². The number of sulfone groups is 1. The van der Waals surface area contributed by atoms with Crippen molar-refractivity contribution in [1.82, 2.24) is 19.9 Å². The molecule has 0 atom stereocenters. The highest BCUT2D eigenvalue weighted by molar-refractivity contribution is 7.90. The van der Waals surface area contributed by atoms with Crippen LogP contribution in [0.25, 0.3) is 11.3 Å². The van der Waals surface area contributed by atoms with Crippen LogP contribution in [-0.2, 0) is 29.3 Å². The summed E-state index contributed by atoms with van der Waals surface area (Å²) in [6, 6.07) is 9.08. The number of aromatic amines is 1. The van der Waals surface area contributed by atoms with Gasteiger partial charge in [-0.1, -0.05) is 6.07 Å². The molecular formula is C21H24N4O3S. The summed E-state index contributed by atoms with van der Waals surface area (Å²) in [7, 11) is -1.84. The van der Waals surface area contributed by atoms with Gasteiger partial charge in [-0.2, -0.15) is 0 Å². The summed E-state index contributed by atoms with van der Waals surface area (Å²) in [5.41, 5.74) is 4.50. The molecule has 0 unspecified atom stereocenters. The van der Waals surface area contributed by atoms with Crippen LogP contribution < -0.4 is 4.74 Å². The lowest BCUT2D eigenvalue weighted by atomic mass is 10.0. The molecule has 4 rings (SSSR count). The van der Waals surface area contributed by atoms with E-state index in [0.29, 0.717) is 17.0 Å². The number of pyridine rings is 1. The summed E-state index contributed by atoms with van der Waals surface area (Å²) in [5.74, 6) is 1.55. The molecule has 0 amide bonds. The van der Waals surface area contributed by atoms with Crippen LogP contribution in [0, 0.1) is 6.92 Å². The summed E-state index contributed by atoms with van der Waals surface area (Å²) < 4.78 is 30.0. The molecule has 0 saturated carbocycles. The maximum absolute atomic E-state index is 12.2. The minimum Gasteiger partial charge on any atom is -0.496 e. The van der Waals surface area contributed by atoms with Crippen LogP contribution in [0.5, 0.6) is 5.75 Å². The minimum atomic E-state index is -3.42. The van der Waals surface area contributed by atoms with E-state index in [1.165, 1.54) is 11.9 Å². The fraction of sp³-hybridized carbons (Fsp3) is 0.333. The van der Waals surface area contributed by atoms with Crippen LogP contribution in [0.4, 0.5) is 0 Å². The van der Waals surface area contributed by atoms with Gasteiger partial charge in [0.1, 0.15) is 11.6 Å². The molecule has 7 nitrogen and oxygen atoms in total. The van der Waals surface area contributed by atoms with Crippen molar-refractivity contribution < 1.29 is 13.2 Å². The summed E-state index contributed by atoms with van der Waals surface area (Å²) in [4.78, 5) is 14.8. The van der Waals surface area contributed by atoms with Crippen molar-refractivity contribution in [3.63, 3.8) is 0 Å². The van der Waals surface area contributed by atoms with E-state index < -0.39 is 9.84 Å². The molecule has 2 aromatic heterocycles. The van der Waals surface area contributed by atoms with Crippen LogP contribution in [0.3, 0.4) is 0 Å². The van der Waals surface area contributed by atoms with Gasteiger partial charge in [0.2, 0.25) is 0 Å². The van der Waals surface area contributed by atoms with Gasteiger partial charge in [0.25, 0.3) is 0 Å². The lowest BCUT2D eigenvalue weighted by Gasteiger charge is -2.26. The minimum absolute atomic E-state index is 0.200. The van der Waals surface area contributed by atoms with Crippen LogP contribution in [0.1, 0.15) is 22.8 Å². The normalized spacial score (nSPS) is 14.6. The number of aryl methyl sites for hydroxylation is 1. The number of imidazole rings is 1. The molecule has 0 fully saturated rings. The van der Waals surface area contributed by atoms with Crippen molar-refractivity contribution in [3.05, 3.63) is 59.3 Å². The first-order chi connectivity index (χ1) is 13.8. The number of hydrogen-bond donors (Lipinski definition) is 1. The van der Waals surface area contributed by atoms with Gasteiger partial charge in [-0.05, 0) is 36.8 Å². The first kappa shape index (κ1) is 19.6. The summed E-state index contributed by atoms with van der Waals surface area (Å²) in [6.45, 7) is 4.47. The standard InChI is InChI=1S/C21H24N4O3S/c1-14-23-17-8-10-25(13-18(17)24-14)12-15-6-7-19(28-2)16(11-15)21-20(29(3,26)27)5-4-9-22-21/h4-7,9,11H,8,10,12-13H2,1-3H3,(H,23,24). The first-order valence-electron chi connectivity index (χ1n) is 9.44. The molecular weight excluding hydrogens is 388 g/mol. The molecule has 1 N–H and O–H groups in total. The summed E-state index contributed by atoms with van der Waals surface area (Å²) in [5, 5.41) is 0. The largest absolute Gasteiger partial charge is 0.496 e. The van der Waals surface area contributed by atoms with Crippen LogP contribution in [0.2, 0.25) is 0 Å². The van der Waals surface area contributed by atoms with Gasteiger partial charge in [0.15, 0.2) is 9.84 Å². The third-order valence-electron chi connectivity index (χ3n) is 5.12. The van der Waals surface area contributed by atoms with Gasteiger partial charge < -0.3 is 9.72 Å². The number of rotatable bonds is 5. The third-order valence-corrected chi connectivity index (χ3v) is 6.25. The van der Waals surface area contributed by atoms with E-state index in [9.17, 15) is 8.42 Å². The molecule has 1 aliphatic heterocycles. The van der Waals surface area contributed by atoms with Crippen LogP contribution in [0.15, 0.2) is 41.4 Å². The molecule has 0 aliphatic carbocycles. The Morgan fingerprint density at radius 1 is 1.28 bits per heavy atom. The number of ether oxygens (including phenoxy) is 1. The predicted molar refractivity (Wildman–Crippen MR) is 110 cm³/mol. The highest BCUT2D eigenvalue weighted by Gasteiger charge is 2.22. The fourth-order valence-corrected chi connectivity index (χ4v) is 4.66. The van der Waals surface area contributed by atoms with Crippen molar-refractivity contribution in [3.8, 4) is 17.0 Å². The second-order valence-electron chi connectivity index (χ2n) is 7.37. The Kier molecular flexibility index (Phi) is 5.14. The van der Waals surface area contributed by atoms with E-state index in [4.69, 9.17) is 4.74 Å². The molecule has 0 bridgehead atoms. The van der Waals surface area contributed by atoms with Crippen molar-refractivity contribution in [2.45, 2.75) is 31.3 Å². The molecule has 29 heavy (non-hydrogen) atoms. The maximum atomic E-state index is 12.2. The number of aromatic nitrogens is 3. The average molecular weight is 413 g/mol. The number of fused-ring (bicyclic) bond motifs is 1. The van der Waals surface area contributed by atoms with Crippen molar-refractivity contribution in [2.24, 2.45) is 0 Å². The van der Waals surface area contributed by atoms with Gasteiger partial charge in [0.05, 0.1) is 29.1 Å². The molecule has 3 aromatic rings. The van der Waals surface area contributed by atoms with E-state index >= 15 is 0 Å².